The van der Waals surface area contributed by atoms with Crippen molar-refractivity contribution in [1.82, 2.24) is 10.2 Å². The van der Waals surface area contributed by atoms with E-state index in [4.69, 9.17) is 16.3 Å². The summed E-state index contributed by atoms with van der Waals surface area (Å²) >= 11 is 6.24. The maximum Gasteiger partial charge on any atom is 0.118 e. The Kier molecular flexibility index (Phi) is 7.57. The number of hydrogen-bond acceptors (Lipinski definition) is 3. The number of nitrogens with zero attached hydrogens (tertiary/aromatic N) is 1. The minimum absolute atomic E-state index is 0.327. The van der Waals surface area contributed by atoms with E-state index in [0.717, 1.165) is 42.5 Å². The molecule has 2 rings (SSSR count). The van der Waals surface area contributed by atoms with Gasteiger partial charge in [0, 0.05) is 24.2 Å². The van der Waals surface area contributed by atoms with Gasteiger partial charge in [-0.25, -0.2) is 0 Å². The molecular weight excluding hydrogens is 320 g/mol. The van der Waals surface area contributed by atoms with Crippen LogP contribution in [0.3, 0.4) is 0 Å². The van der Waals surface area contributed by atoms with Crippen molar-refractivity contribution >= 4 is 11.6 Å². The van der Waals surface area contributed by atoms with Crippen molar-refractivity contribution in [2.24, 2.45) is 0 Å². The van der Waals surface area contributed by atoms with Crippen LogP contribution < -0.4 is 10.1 Å². The quantitative estimate of drug-likeness (QED) is 0.722. The van der Waals surface area contributed by atoms with Crippen LogP contribution in [0.15, 0.2) is 48.5 Å². The number of rotatable bonds is 9. The minimum Gasteiger partial charge on any atom is -0.497 e. The summed E-state index contributed by atoms with van der Waals surface area (Å²) in [5.41, 5.74) is 2.43. The Morgan fingerprint density at radius 3 is 2.29 bits per heavy atom. The van der Waals surface area contributed by atoms with Gasteiger partial charge < -0.3 is 10.1 Å². The summed E-state index contributed by atoms with van der Waals surface area (Å²) in [4.78, 5) is 2.46. The first-order valence-electron chi connectivity index (χ1n) is 8.51. The fourth-order valence-corrected chi connectivity index (χ4v) is 3.14. The summed E-state index contributed by atoms with van der Waals surface area (Å²) in [6, 6.07) is 16.7. The molecule has 4 heteroatoms. The van der Waals surface area contributed by atoms with Crippen molar-refractivity contribution < 1.29 is 4.74 Å². The van der Waals surface area contributed by atoms with Gasteiger partial charge in [0.1, 0.15) is 5.75 Å². The lowest BCUT2D eigenvalue weighted by Crippen LogP contribution is -2.35. The lowest BCUT2D eigenvalue weighted by atomic mass is 10.0. The van der Waals surface area contributed by atoms with Gasteiger partial charge in [-0.2, -0.15) is 0 Å². The van der Waals surface area contributed by atoms with Crippen LogP contribution in [0.25, 0.3) is 0 Å². The number of nitrogens with one attached hydrogen (secondary N) is 1. The number of likely N-dealkylation sites (N-methyl/N-ethyl adjacent to an activating group) is 1. The Labute approximate surface area is 150 Å². The second-order valence-electron chi connectivity index (χ2n) is 5.73. The Balaban J connectivity index is 2.07. The van der Waals surface area contributed by atoms with Crippen LogP contribution in [-0.4, -0.2) is 31.6 Å². The highest BCUT2D eigenvalue weighted by atomic mass is 35.5. The van der Waals surface area contributed by atoms with E-state index in [1.807, 2.05) is 30.3 Å². The van der Waals surface area contributed by atoms with Gasteiger partial charge in [0.25, 0.3) is 0 Å². The van der Waals surface area contributed by atoms with Gasteiger partial charge in [0.2, 0.25) is 0 Å². The Bertz CT molecular complexity index is 611. The second kappa shape index (κ2) is 9.67. The Morgan fingerprint density at radius 2 is 1.71 bits per heavy atom. The number of benzene rings is 2. The van der Waals surface area contributed by atoms with Gasteiger partial charge in [0.05, 0.1) is 7.11 Å². The molecule has 0 amide bonds. The first kappa shape index (κ1) is 18.8. The summed E-state index contributed by atoms with van der Waals surface area (Å²) in [5, 5.41) is 4.38. The molecule has 1 atom stereocenters. The molecule has 0 saturated carbocycles. The minimum atomic E-state index is 0.327. The molecule has 0 aromatic heterocycles. The molecule has 0 spiro atoms. The van der Waals surface area contributed by atoms with E-state index in [-0.39, 0.29) is 0 Å². The second-order valence-corrected chi connectivity index (χ2v) is 6.14. The largest absolute Gasteiger partial charge is 0.497 e. The molecule has 1 unspecified atom stereocenters. The monoisotopic (exact) mass is 346 g/mol. The van der Waals surface area contributed by atoms with Crippen molar-refractivity contribution in [2.75, 3.05) is 26.7 Å². The van der Waals surface area contributed by atoms with Crippen molar-refractivity contribution in [1.29, 1.82) is 0 Å². The average molecular weight is 347 g/mol. The molecule has 130 valence electrons. The third-order valence-corrected chi connectivity index (χ3v) is 4.73. The molecule has 2 aromatic rings. The van der Waals surface area contributed by atoms with Gasteiger partial charge >= 0.3 is 0 Å². The zero-order chi connectivity index (χ0) is 17.4. The molecule has 0 radical (unpaired) electrons. The molecule has 0 heterocycles. The van der Waals surface area contributed by atoms with Crippen molar-refractivity contribution in [3.63, 3.8) is 0 Å². The van der Waals surface area contributed by atoms with Crippen LogP contribution in [0.2, 0.25) is 5.02 Å². The fraction of sp³-hybridized carbons (Fsp3) is 0.400. The molecular formula is C20H27ClN2O. The molecule has 1 N–H and O–H groups in total. The molecule has 0 saturated heterocycles. The van der Waals surface area contributed by atoms with Crippen molar-refractivity contribution in [3.05, 3.63) is 64.7 Å². The van der Waals surface area contributed by atoms with Gasteiger partial charge in [-0.05, 0) is 42.4 Å². The zero-order valence-corrected chi connectivity index (χ0v) is 15.5. The summed E-state index contributed by atoms with van der Waals surface area (Å²) in [6.07, 6.45) is 0. The van der Waals surface area contributed by atoms with Crippen molar-refractivity contribution in [3.8, 4) is 5.75 Å². The summed E-state index contributed by atoms with van der Waals surface area (Å²) < 4.78 is 5.27. The number of hydrogen-bond donors (Lipinski definition) is 1. The van der Waals surface area contributed by atoms with Crippen LogP contribution in [0.1, 0.15) is 31.0 Å². The first-order valence-corrected chi connectivity index (χ1v) is 8.89. The third-order valence-electron chi connectivity index (χ3n) is 4.36. The number of halogens is 1. The molecule has 0 aliphatic heterocycles. The fourth-order valence-electron chi connectivity index (χ4n) is 2.93. The first-order chi connectivity index (χ1) is 11.7. The summed E-state index contributed by atoms with van der Waals surface area (Å²) in [7, 11) is 1.70. The van der Waals surface area contributed by atoms with Crippen LogP contribution in [0.5, 0.6) is 5.75 Å². The highest BCUT2D eigenvalue weighted by molar-refractivity contribution is 6.31. The van der Waals surface area contributed by atoms with Gasteiger partial charge in [-0.15, -0.1) is 0 Å². The molecule has 24 heavy (non-hydrogen) atoms. The highest BCUT2D eigenvalue weighted by Gasteiger charge is 2.17. The highest BCUT2D eigenvalue weighted by Crippen LogP contribution is 2.23. The number of methoxy groups -OCH3 is 1. The predicted octanol–water partition coefficient (Wildman–Crippen LogP) is 4.52. The predicted molar refractivity (Wildman–Crippen MR) is 102 cm³/mol. The third kappa shape index (κ3) is 4.97. The standard InChI is InChI=1S/C20H27ClN2O/c1-4-23(5-2)20(16-10-12-18(24-3)13-11-16)15-22-14-17-8-6-7-9-19(17)21/h6-13,20,22H,4-5,14-15H2,1-3H3. The molecule has 3 nitrogen and oxygen atoms in total. The summed E-state index contributed by atoms with van der Waals surface area (Å²) in [6.45, 7) is 8.08. The van der Waals surface area contributed by atoms with Gasteiger partial charge in [0.15, 0.2) is 0 Å². The van der Waals surface area contributed by atoms with Gasteiger partial charge in [-0.3, -0.25) is 4.90 Å². The van der Waals surface area contributed by atoms with E-state index >= 15 is 0 Å². The van der Waals surface area contributed by atoms with Crippen LogP contribution >= 0.6 is 11.6 Å². The van der Waals surface area contributed by atoms with Gasteiger partial charge in [-0.1, -0.05) is 55.8 Å². The molecule has 0 aliphatic rings. The van der Waals surface area contributed by atoms with E-state index in [1.54, 1.807) is 7.11 Å². The van der Waals surface area contributed by atoms with Crippen molar-refractivity contribution in [2.45, 2.75) is 26.4 Å². The topological polar surface area (TPSA) is 24.5 Å². The summed E-state index contributed by atoms with van der Waals surface area (Å²) in [5.74, 6) is 0.890. The van der Waals surface area contributed by atoms with E-state index in [0.29, 0.717) is 6.04 Å². The SMILES string of the molecule is CCN(CC)C(CNCc1ccccc1Cl)c1ccc(OC)cc1. The van der Waals surface area contributed by atoms with E-state index in [2.05, 4.69) is 42.3 Å². The molecule has 2 aromatic carbocycles. The maximum atomic E-state index is 6.24. The lowest BCUT2D eigenvalue weighted by molar-refractivity contribution is 0.213. The normalized spacial score (nSPS) is 12.4. The Morgan fingerprint density at radius 1 is 1.04 bits per heavy atom. The number of ether oxygens (including phenoxy) is 1. The molecule has 0 aliphatic carbocycles. The van der Waals surface area contributed by atoms with Crippen LogP contribution in [0, 0.1) is 0 Å². The van der Waals surface area contributed by atoms with E-state index in [9.17, 15) is 0 Å². The lowest BCUT2D eigenvalue weighted by Gasteiger charge is -2.30. The Hall–Kier alpha value is -1.55. The van der Waals surface area contributed by atoms with Crippen LogP contribution in [0.4, 0.5) is 0 Å². The van der Waals surface area contributed by atoms with E-state index in [1.165, 1.54) is 5.56 Å². The average Bonchev–Trinajstić information content (AvgIpc) is 2.63. The smallest absolute Gasteiger partial charge is 0.118 e. The zero-order valence-electron chi connectivity index (χ0n) is 14.8. The van der Waals surface area contributed by atoms with E-state index < -0.39 is 0 Å². The molecule has 0 fully saturated rings. The van der Waals surface area contributed by atoms with Crippen LogP contribution in [-0.2, 0) is 6.54 Å². The maximum absolute atomic E-state index is 6.24. The molecule has 0 bridgehead atoms.